The third-order valence-corrected chi connectivity index (χ3v) is 3.09. The first-order valence-corrected chi connectivity index (χ1v) is 5.99. The second kappa shape index (κ2) is 4.61. The van der Waals surface area contributed by atoms with Gasteiger partial charge in [-0.25, -0.2) is 0 Å². The first kappa shape index (κ1) is 11.5. The summed E-state index contributed by atoms with van der Waals surface area (Å²) in [4.78, 5) is 4.45. The Bertz CT molecular complexity index is 720. The van der Waals surface area contributed by atoms with Crippen LogP contribution in [0.25, 0.3) is 22.0 Å². The molecule has 0 atom stereocenters. The van der Waals surface area contributed by atoms with Crippen molar-refractivity contribution in [2.75, 3.05) is 7.11 Å². The SMILES string of the molecule is COc1ccc2cc(-c3ccc(O)cc3)ncc2c1. The maximum Gasteiger partial charge on any atom is 0.119 e. The van der Waals surface area contributed by atoms with E-state index in [-0.39, 0.29) is 5.75 Å². The maximum atomic E-state index is 9.30. The van der Waals surface area contributed by atoms with Crippen molar-refractivity contribution in [3.8, 4) is 22.8 Å². The molecule has 3 rings (SSSR count). The van der Waals surface area contributed by atoms with Crippen molar-refractivity contribution in [2.24, 2.45) is 0 Å². The molecule has 0 saturated heterocycles. The second-order valence-electron chi connectivity index (χ2n) is 4.33. The van der Waals surface area contributed by atoms with Crippen molar-refractivity contribution >= 4 is 10.8 Å². The molecule has 1 aromatic heterocycles. The summed E-state index contributed by atoms with van der Waals surface area (Å²) in [6.45, 7) is 0. The van der Waals surface area contributed by atoms with Gasteiger partial charge in [0.2, 0.25) is 0 Å². The fourth-order valence-electron chi connectivity index (χ4n) is 2.04. The highest BCUT2D eigenvalue weighted by Gasteiger charge is 2.02. The van der Waals surface area contributed by atoms with E-state index in [0.29, 0.717) is 0 Å². The minimum atomic E-state index is 0.259. The lowest BCUT2D eigenvalue weighted by Gasteiger charge is -2.05. The van der Waals surface area contributed by atoms with E-state index in [1.807, 2.05) is 42.6 Å². The lowest BCUT2D eigenvalue weighted by Crippen LogP contribution is -1.86. The molecule has 0 saturated carbocycles. The fraction of sp³-hybridized carbons (Fsp3) is 0.0625. The Balaban J connectivity index is 2.08. The monoisotopic (exact) mass is 251 g/mol. The number of aromatic nitrogens is 1. The van der Waals surface area contributed by atoms with Crippen molar-refractivity contribution in [3.63, 3.8) is 0 Å². The number of phenolic OH excluding ortho intramolecular Hbond substituents is 1. The molecule has 0 aliphatic rings. The van der Waals surface area contributed by atoms with E-state index < -0.39 is 0 Å². The highest BCUT2D eigenvalue weighted by Crippen LogP contribution is 2.25. The minimum Gasteiger partial charge on any atom is -0.508 e. The van der Waals surface area contributed by atoms with Gasteiger partial charge < -0.3 is 9.84 Å². The topological polar surface area (TPSA) is 42.4 Å². The van der Waals surface area contributed by atoms with Crippen LogP contribution in [-0.2, 0) is 0 Å². The number of phenols is 1. The smallest absolute Gasteiger partial charge is 0.119 e. The molecule has 3 aromatic rings. The third-order valence-electron chi connectivity index (χ3n) is 3.09. The van der Waals surface area contributed by atoms with Crippen LogP contribution in [0.1, 0.15) is 0 Å². The highest BCUT2D eigenvalue weighted by molar-refractivity contribution is 5.86. The Kier molecular flexibility index (Phi) is 2.80. The van der Waals surface area contributed by atoms with Crippen LogP contribution >= 0.6 is 0 Å². The molecule has 0 aliphatic carbocycles. The number of nitrogens with zero attached hydrogens (tertiary/aromatic N) is 1. The third kappa shape index (κ3) is 2.22. The van der Waals surface area contributed by atoms with Crippen LogP contribution in [-0.4, -0.2) is 17.2 Å². The maximum absolute atomic E-state index is 9.30. The highest BCUT2D eigenvalue weighted by atomic mass is 16.5. The predicted molar refractivity (Wildman–Crippen MR) is 75.4 cm³/mol. The first-order valence-electron chi connectivity index (χ1n) is 5.99. The Morgan fingerprint density at radius 2 is 1.74 bits per heavy atom. The van der Waals surface area contributed by atoms with E-state index in [2.05, 4.69) is 4.98 Å². The molecule has 0 radical (unpaired) electrons. The molecular formula is C16H13NO2. The van der Waals surface area contributed by atoms with E-state index in [1.165, 1.54) is 0 Å². The van der Waals surface area contributed by atoms with Crippen molar-refractivity contribution in [3.05, 3.63) is 54.7 Å². The number of ether oxygens (including phenoxy) is 1. The largest absolute Gasteiger partial charge is 0.508 e. The Labute approximate surface area is 111 Å². The quantitative estimate of drug-likeness (QED) is 0.756. The summed E-state index contributed by atoms with van der Waals surface area (Å²) >= 11 is 0. The summed E-state index contributed by atoms with van der Waals surface area (Å²) < 4.78 is 5.19. The van der Waals surface area contributed by atoms with Crippen LogP contribution in [0.4, 0.5) is 0 Å². The van der Waals surface area contributed by atoms with Gasteiger partial charge in [-0.3, -0.25) is 4.98 Å². The molecule has 19 heavy (non-hydrogen) atoms. The number of pyridine rings is 1. The lowest BCUT2D eigenvalue weighted by atomic mass is 10.1. The summed E-state index contributed by atoms with van der Waals surface area (Å²) in [6, 6.07) is 15.0. The summed E-state index contributed by atoms with van der Waals surface area (Å²) in [7, 11) is 1.65. The summed E-state index contributed by atoms with van der Waals surface area (Å²) in [5.74, 6) is 1.08. The van der Waals surface area contributed by atoms with Gasteiger partial charge in [0.15, 0.2) is 0 Å². The van der Waals surface area contributed by atoms with E-state index in [0.717, 1.165) is 27.8 Å². The van der Waals surface area contributed by atoms with Crippen LogP contribution < -0.4 is 4.74 Å². The molecule has 0 aliphatic heterocycles. The number of fused-ring (bicyclic) bond motifs is 1. The molecule has 94 valence electrons. The zero-order valence-corrected chi connectivity index (χ0v) is 10.5. The van der Waals surface area contributed by atoms with Gasteiger partial charge in [-0.1, -0.05) is 6.07 Å². The van der Waals surface area contributed by atoms with Crippen molar-refractivity contribution in [2.45, 2.75) is 0 Å². The standard InChI is InChI=1S/C16H13NO2/c1-19-15-7-4-12-9-16(17-10-13(12)8-15)11-2-5-14(18)6-3-11/h2-10,18H,1H3. The molecular weight excluding hydrogens is 238 g/mol. The molecule has 0 spiro atoms. The number of benzene rings is 2. The van der Waals surface area contributed by atoms with Crippen LogP contribution in [0.2, 0.25) is 0 Å². The Morgan fingerprint density at radius 3 is 2.47 bits per heavy atom. The number of aromatic hydroxyl groups is 1. The van der Waals surface area contributed by atoms with E-state index >= 15 is 0 Å². The normalized spacial score (nSPS) is 10.6. The van der Waals surface area contributed by atoms with Gasteiger partial charge in [0.25, 0.3) is 0 Å². The Morgan fingerprint density at radius 1 is 0.947 bits per heavy atom. The van der Waals surface area contributed by atoms with Crippen LogP contribution in [0.5, 0.6) is 11.5 Å². The second-order valence-corrected chi connectivity index (χ2v) is 4.33. The zero-order valence-electron chi connectivity index (χ0n) is 10.5. The zero-order chi connectivity index (χ0) is 13.2. The molecule has 3 nitrogen and oxygen atoms in total. The average molecular weight is 251 g/mol. The van der Waals surface area contributed by atoms with Gasteiger partial charge in [0.05, 0.1) is 12.8 Å². The molecule has 3 heteroatoms. The molecule has 0 fully saturated rings. The number of methoxy groups -OCH3 is 1. The van der Waals surface area contributed by atoms with E-state index in [1.54, 1.807) is 19.2 Å². The van der Waals surface area contributed by atoms with Crippen LogP contribution in [0.3, 0.4) is 0 Å². The van der Waals surface area contributed by atoms with E-state index in [4.69, 9.17) is 4.74 Å². The molecule has 0 amide bonds. The van der Waals surface area contributed by atoms with Gasteiger partial charge in [0, 0.05) is 17.1 Å². The lowest BCUT2D eigenvalue weighted by molar-refractivity contribution is 0.415. The number of rotatable bonds is 2. The van der Waals surface area contributed by atoms with Crippen LogP contribution in [0, 0.1) is 0 Å². The van der Waals surface area contributed by atoms with Gasteiger partial charge in [-0.15, -0.1) is 0 Å². The fourth-order valence-corrected chi connectivity index (χ4v) is 2.04. The van der Waals surface area contributed by atoms with E-state index in [9.17, 15) is 5.11 Å². The average Bonchev–Trinajstić information content (AvgIpc) is 2.47. The predicted octanol–water partition coefficient (Wildman–Crippen LogP) is 3.62. The Hall–Kier alpha value is -2.55. The number of hydrogen-bond donors (Lipinski definition) is 1. The summed E-state index contributed by atoms with van der Waals surface area (Å²) in [6.07, 6.45) is 1.83. The van der Waals surface area contributed by atoms with Crippen molar-refractivity contribution in [1.82, 2.24) is 4.98 Å². The molecule has 1 heterocycles. The summed E-state index contributed by atoms with van der Waals surface area (Å²) in [5, 5.41) is 11.5. The minimum absolute atomic E-state index is 0.259. The molecule has 0 bridgehead atoms. The van der Waals surface area contributed by atoms with Crippen LogP contribution in [0.15, 0.2) is 54.7 Å². The molecule has 1 N–H and O–H groups in total. The van der Waals surface area contributed by atoms with Gasteiger partial charge in [-0.05, 0) is 47.9 Å². The van der Waals surface area contributed by atoms with Gasteiger partial charge in [-0.2, -0.15) is 0 Å². The van der Waals surface area contributed by atoms with Gasteiger partial charge in [0.1, 0.15) is 11.5 Å². The van der Waals surface area contributed by atoms with Gasteiger partial charge >= 0.3 is 0 Å². The molecule has 0 unspecified atom stereocenters. The summed E-state index contributed by atoms with van der Waals surface area (Å²) in [5.41, 5.74) is 1.87. The van der Waals surface area contributed by atoms with Crippen molar-refractivity contribution < 1.29 is 9.84 Å². The number of hydrogen-bond acceptors (Lipinski definition) is 3. The molecule has 2 aromatic carbocycles. The van der Waals surface area contributed by atoms with Crippen molar-refractivity contribution in [1.29, 1.82) is 0 Å². The first-order chi connectivity index (χ1) is 9.26.